The first kappa shape index (κ1) is 23.3. The Labute approximate surface area is 200 Å². The van der Waals surface area contributed by atoms with Crippen molar-refractivity contribution in [3.8, 4) is 0 Å². The molecule has 32 heavy (non-hydrogen) atoms. The number of morpholine rings is 1. The second kappa shape index (κ2) is 10.9. The lowest BCUT2D eigenvalue weighted by Gasteiger charge is -2.35. The van der Waals surface area contributed by atoms with Crippen molar-refractivity contribution in [2.45, 2.75) is 18.9 Å². The van der Waals surface area contributed by atoms with Crippen molar-refractivity contribution >= 4 is 52.8 Å². The van der Waals surface area contributed by atoms with Crippen LogP contribution in [0.25, 0.3) is 0 Å². The molecule has 0 radical (unpaired) electrons. The Kier molecular flexibility index (Phi) is 7.93. The monoisotopic (exact) mass is 498 g/mol. The Balaban J connectivity index is 1.30. The maximum Gasteiger partial charge on any atom is 0.271 e. The first-order chi connectivity index (χ1) is 15.5. The molecule has 0 saturated carbocycles. The first-order valence-electron chi connectivity index (χ1n) is 10.4. The summed E-state index contributed by atoms with van der Waals surface area (Å²) in [6, 6.07) is 4.86. The average molecular weight is 499 g/mol. The lowest BCUT2D eigenvalue weighted by molar-refractivity contribution is 0.0752. The summed E-state index contributed by atoms with van der Waals surface area (Å²) in [5, 5.41) is 12.7. The predicted molar refractivity (Wildman–Crippen MR) is 125 cm³/mol. The van der Waals surface area contributed by atoms with Crippen molar-refractivity contribution in [2.75, 3.05) is 44.7 Å². The zero-order valence-electron chi connectivity index (χ0n) is 17.3. The average Bonchev–Trinajstić information content (AvgIpc) is 3.24. The van der Waals surface area contributed by atoms with Gasteiger partial charge in [-0.25, -0.2) is 8.61 Å². The highest BCUT2D eigenvalue weighted by molar-refractivity contribution is 7.94. The molecule has 2 amide bonds. The summed E-state index contributed by atoms with van der Waals surface area (Å²) < 4.78 is 10.0. The number of rotatable bonds is 6. The van der Waals surface area contributed by atoms with Crippen LogP contribution in [0.15, 0.2) is 24.4 Å². The van der Waals surface area contributed by atoms with Gasteiger partial charge in [-0.3, -0.25) is 14.7 Å². The van der Waals surface area contributed by atoms with E-state index in [-0.39, 0.29) is 38.9 Å². The van der Waals surface area contributed by atoms with E-state index < -0.39 is 5.91 Å². The third kappa shape index (κ3) is 5.75. The molecule has 2 aliphatic rings. The lowest BCUT2D eigenvalue weighted by atomic mass is 10.1. The number of aromatic nitrogens is 2. The van der Waals surface area contributed by atoms with Crippen molar-refractivity contribution in [1.29, 1.82) is 0 Å². The molecule has 9 nitrogen and oxygen atoms in total. The predicted octanol–water partition coefficient (Wildman–Crippen LogP) is 3.06. The smallest absolute Gasteiger partial charge is 0.271 e. The van der Waals surface area contributed by atoms with Crippen LogP contribution in [0.5, 0.6) is 0 Å². The number of benzene rings is 1. The molecule has 1 aromatic carbocycles. The van der Waals surface area contributed by atoms with Gasteiger partial charge in [-0.15, -0.1) is 0 Å². The van der Waals surface area contributed by atoms with Gasteiger partial charge in [0.15, 0.2) is 0 Å². The molecule has 1 aromatic heterocycles. The van der Waals surface area contributed by atoms with Crippen LogP contribution in [0.3, 0.4) is 0 Å². The van der Waals surface area contributed by atoms with Gasteiger partial charge in [0.1, 0.15) is 5.69 Å². The fourth-order valence-corrected chi connectivity index (χ4v) is 5.17. The highest BCUT2D eigenvalue weighted by Gasteiger charge is 2.26. The van der Waals surface area contributed by atoms with Gasteiger partial charge < -0.3 is 15.4 Å². The molecular weight excluding hydrogens is 475 g/mol. The van der Waals surface area contributed by atoms with Crippen LogP contribution >= 0.6 is 35.3 Å². The molecule has 0 unspecified atom stereocenters. The third-order valence-electron chi connectivity index (χ3n) is 5.29. The number of anilines is 1. The highest BCUT2D eigenvalue weighted by atomic mass is 35.5. The minimum atomic E-state index is -0.510. The topological polar surface area (TPSA) is 103 Å². The number of hydrogen-bond donors (Lipinski definition) is 3. The quantitative estimate of drug-likeness (QED) is 0.525. The van der Waals surface area contributed by atoms with Gasteiger partial charge in [0.2, 0.25) is 0 Å². The van der Waals surface area contributed by atoms with Crippen LogP contribution in [0, 0.1) is 0 Å². The fraction of sp³-hybridized carbons (Fsp3) is 0.450. The molecule has 12 heteroatoms. The number of nitrogens with zero attached hydrogens (tertiary/aromatic N) is 3. The number of H-pyrrole nitrogens is 1. The highest BCUT2D eigenvalue weighted by Crippen LogP contribution is 2.26. The van der Waals surface area contributed by atoms with Crippen LogP contribution in [-0.2, 0) is 4.74 Å². The van der Waals surface area contributed by atoms with Gasteiger partial charge in [0, 0.05) is 44.4 Å². The van der Waals surface area contributed by atoms with E-state index in [4.69, 9.17) is 27.9 Å². The second-order valence-electron chi connectivity index (χ2n) is 7.51. The molecule has 2 fully saturated rings. The van der Waals surface area contributed by atoms with E-state index in [9.17, 15) is 9.59 Å². The lowest BCUT2D eigenvalue weighted by Crippen LogP contribution is -2.44. The Bertz CT molecular complexity index is 940. The van der Waals surface area contributed by atoms with E-state index in [2.05, 4.69) is 29.4 Å². The minimum Gasteiger partial charge on any atom is -0.379 e. The zero-order valence-corrected chi connectivity index (χ0v) is 19.6. The molecular formula is C20H24Cl2N6O3S. The molecule has 172 valence electrons. The molecule has 0 spiro atoms. The number of hydrogen-bond acceptors (Lipinski definition) is 7. The minimum absolute atomic E-state index is 0.0499. The number of amides is 2. The SMILES string of the molecule is O=C(NC1CCN(SN2CCOCC2)CC1)c1[nH]ncc1NC(=O)c1c(Cl)cccc1Cl. The zero-order chi connectivity index (χ0) is 22.5. The molecule has 3 heterocycles. The van der Waals surface area contributed by atoms with E-state index in [1.807, 2.05) is 0 Å². The molecule has 2 aliphatic heterocycles. The van der Waals surface area contributed by atoms with Gasteiger partial charge in [-0.1, -0.05) is 29.3 Å². The van der Waals surface area contributed by atoms with Crippen molar-refractivity contribution in [1.82, 2.24) is 24.1 Å². The summed E-state index contributed by atoms with van der Waals surface area (Å²) in [5.41, 5.74) is 0.601. The van der Waals surface area contributed by atoms with Crippen LogP contribution in [0.1, 0.15) is 33.7 Å². The number of nitrogens with one attached hydrogen (secondary N) is 3. The van der Waals surface area contributed by atoms with Crippen molar-refractivity contribution in [3.05, 3.63) is 45.7 Å². The Morgan fingerprint density at radius 3 is 2.41 bits per heavy atom. The Morgan fingerprint density at radius 1 is 1.06 bits per heavy atom. The van der Waals surface area contributed by atoms with Gasteiger partial charge in [-0.05, 0) is 25.0 Å². The van der Waals surface area contributed by atoms with Crippen molar-refractivity contribution in [2.24, 2.45) is 0 Å². The van der Waals surface area contributed by atoms with Crippen LogP contribution < -0.4 is 10.6 Å². The Hall–Kier alpha value is -1.82. The number of piperidine rings is 1. The maximum absolute atomic E-state index is 12.8. The number of ether oxygens (including phenoxy) is 1. The molecule has 4 rings (SSSR count). The van der Waals surface area contributed by atoms with Crippen molar-refractivity contribution < 1.29 is 14.3 Å². The van der Waals surface area contributed by atoms with Crippen LogP contribution in [0.4, 0.5) is 5.69 Å². The first-order valence-corrected chi connectivity index (χ1v) is 11.8. The van der Waals surface area contributed by atoms with E-state index in [1.165, 1.54) is 6.20 Å². The molecule has 3 N–H and O–H groups in total. The van der Waals surface area contributed by atoms with Gasteiger partial charge in [-0.2, -0.15) is 5.10 Å². The fourth-order valence-electron chi connectivity index (χ4n) is 3.58. The molecule has 0 atom stereocenters. The summed E-state index contributed by atoms with van der Waals surface area (Å²) in [6.45, 7) is 5.15. The summed E-state index contributed by atoms with van der Waals surface area (Å²) in [5.74, 6) is -0.827. The molecule has 0 aliphatic carbocycles. The largest absolute Gasteiger partial charge is 0.379 e. The van der Waals surface area contributed by atoms with E-state index >= 15 is 0 Å². The number of halogens is 2. The van der Waals surface area contributed by atoms with Gasteiger partial charge in [0.25, 0.3) is 11.8 Å². The van der Waals surface area contributed by atoms with Crippen LogP contribution in [-0.4, -0.2) is 76.1 Å². The standard InChI is InChI=1S/C20H24Cl2N6O3S/c21-14-2-1-3-15(22)17(14)19(29)25-16-12-23-26-18(16)20(30)24-13-4-6-27(7-5-13)32-28-8-10-31-11-9-28/h1-3,12-13H,4-11H2,(H,23,26)(H,24,30)(H,25,29). The summed E-state index contributed by atoms with van der Waals surface area (Å²) in [4.78, 5) is 25.5. The summed E-state index contributed by atoms with van der Waals surface area (Å²) in [7, 11) is 0. The van der Waals surface area contributed by atoms with E-state index in [1.54, 1.807) is 30.3 Å². The molecule has 0 bridgehead atoms. The molecule has 2 aromatic rings. The number of aromatic amines is 1. The normalized spacial score (nSPS) is 18.4. The number of carbonyl (C=O) groups is 2. The van der Waals surface area contributed by atoms with E-state index in [0.717, 1.165) is 52.2 Å². The summed E-state index contributed by atoms with van der Waals surface area (Å²) >= 11 is 14.0. The second-order valence-corrected chi connectivity index (χ2v) is 9.52. The molecule has 2 saturated heterocycles. The maximum atomic E-state index is 12.8. The van der Waals surface area contributed by atoms with Gasteiger partial charge >= 0.3 is 0 Å². The number of carbonyl (C=O) groups excluding carboxylic acids is 2. The van der Waals surface area contributed by atoms with Crippen LogP contribution in [0.2, 0.25) is 10.0 Å². The third-order valence-corrected chi connectivity index (χ3v) is 7.12. The van der Waals surface area contributed by atoms with Gasteiger partial charge in [0.05, 0.1) is 40.7 Å². The summed E-state index contributed by atoms with van der Waals surface area (Å²) in [6.07, 6.45) is 3.07. The van der Waals surface area contributed by atoms with E-state index in [0.29, 0.717) is 0 Å². The Morgan fingerprint density at radius 2 is 1.72 bits per heavy atom. The van der Waals surface area contributed by atoms with Crippen molar-refractivity contribution in [3.63, 3.8) is 0 Å².